The Bertz CT molecular complexity index is 90.1. The summed E-state index contributed by atoms with van der Waals surface area (Å²) in [5.41, 5.74) is 0. The van der Waals surface area contributed by atoms with Crippen molar-refractivity contribution >= 4 is 12.6 Å². The van der Waals surface area contributed by atoms with Gasteiger partial charge in [0.1, 0.15) is 0 Å². The van der Waals surface area contributed by atoms with Crippen LogP contribution in [0.25, 0.3) is 0 Å². The molecule has 40 valence electrons. The van der Waals surface area contributed by atoms with E-state index in [2.05, 4.69) is 19.2 Å². The maximum atomic E-state index is 4.99. The molecule has 7 heavy (non-hydrogen) atoms. The summed E-state index contributed by atoms with van der Waals surface area (Å²) in [6, 6.07) is 0. The summed E-state index contributed by atoms with van der Waals surface area (Å²) < 4.78 is 4.99. The Morgan fingerprint density at radius 3 is 2.71 bits per heavy atom. The summed E-state index contributed by atoms with van der Waals surface area (Å²) in [6.45, 7) is 4.37. The van der Waals surface area contributed by atoms with Gasteiger partial charge < -0.3 is 4.74 Å². The van der Waals surface area contributed by atoms with Gasteiger partial charge in [0.05, 0.1) is 12.4 Å². The first kappa shape index (κ1) is 5.04. The Labute approximate surface area is 48.8 Å². The van der Waals surface area contributed by atoms with Crippen LogP contribution in [-0.4, -0.2) is 11.9 Å². The zero-order valence-corrected chi connectivity index (χ0v) is 4.95. The molecule has 1 fully saturated rings. The summed E-state index contributed by atoms with van der Waals surface area (Å²) >= 11 is 4.17. The summed E-state index contributed by atoms with van der Waals surface area (Å²) in [4.78, 5) is 0. The van der Waals surface area contributed by atoms with Crippen LogP contribution in [0.4, 0.5) is 0 Å². The zero-order chi connectivity index (χ0) is 5.28. The van der Waals surface area contributed by atoms with Gasteiger partial charge in [-0.25, -0.2) is 0 Å². The second-order valence-corrected chi connectivity index (χ2v) is 2.44. The van der Waals surface area contributed by atoms with Gasteiger partial charge in [-0.3, -0.25) is 0 Å². The molecule has 0 N–H and O–H groups in total. The fourth-order valence-electron chi connectivity index (χ4n) is 0.595. The molecule has 0 aromatic carbocycles. The van der Waals surface area contributed by atoms with Crippen molar-refractivity contribution in [2.45, 2.75) is 11.7 Å². The molecule has 1 atom stereocenters. The van der Waals surface area contributed by atoms with Gasteiger partial charge in [-0.1, -0.05) is 6.58 Å². The summed E-state index contributed by atoms with van der Waals surface area (Å²) in [5, 5.41) is 0.396. The van der Waals surface area contributed by atoms with Gasteiger partial charge in [0.15, 0.2) is 0 Å². The van der Waals surface area contributed by atoms with Crippen LogP contribution in [0.5, 0.6) is 0 Å². The highest BCUT2D eigenvalue weighted by atomic mass is 32.1. The average Bonchev–Trinajstić information content (AvgIpc) is 1.87. The maximum absolute atomic E-state index is 4.99. The molecule has 0 aliphatic carbocycles. The van der Waals surface area contributed by atoms with Crippen molar-refractivity contribution in [1.29, 1.82) is 0 Å². The first-order valence-corrected chi connectivity index (χ1v) is 2.79. The third-order valence-electron chi connectivity index (χ3n) is 0.943. The van der Waals surface area contributed by atoms with Crippen LogP contribution in [0.15, 0.2) is 12.3 Å². The van der Waals surface area contributed by atoms with Crippen LogP contribution >= 0.6 is 12.6 Å². The maximum Gasteiger partial charge on any atom is 0.0997 e. The van der Waals surface area contributed by atoms with Crippen LogP contribution in [0.3, 0.4) is 0 Å². The quantitative estimate of drug-likeness (QED) is 0.468. The van der Waals surface area contributed by atoms with Gasteiger partial charge >= 0.3 is 0 Å². The molecular formula is C5H8OS. The standard InChI is InChI=1S/C5H8OS/c1-4-2-5(7)3-6-4/h5,7H,1-3H2. The molecular weight excluding hydrogens is 108 g/mol. The van der Waals surface area contributed by atoms with E-state index < -0.39 is 0 Å². The van der Waals surface area contributed by atoms with Gasteiger partial charge in [-0.2, -0.15) is 12.6 Å². The molecule has 0 saturated carbocycles. The SMILES string of the molecule is C=C1CC(S)CO1. The Kier molecular flexibility index (Phi) is 1.28. The predicted octanol–water partition coefficient (Wildman–Crippen LogP) is 1.22. The first-order chi connectivity index (χ1) is 3.29. The lowest BCUT2D eigenvalue weighted by Crippen LogP contribution is -1.92. The van der Waals surface area contributed by atoms with Crippen molar-refractivity contribution < 1.29 is 4.74 Å². The second kappa shape index (κ2) is 1.78. The molecule has 0 spiro atoms. The molecule has 0 bridgehead atoms. The van der Waals surface area contributed by atoms with E-state index in [4.69, 9.17) is 4.74 Å². The zero-order valence-electron chi connectivity index (χ0n) is 4.05. The number of hydrogen-bond acceptors (Lipinski definition) is 2. The van der Waals surface area contributed by atoms with E-state index in [1.54, 1.807) is 0 Å². The molecule has 1 rings (SSSR count). The van der Waals surface area contributed by atoms with E-state index in [-0.39, 0.29) is 0 Å². The third kappa shape index (κ3) is 1.13. The van der Waals surface area contributed by atoms with Crippen LogP contribution in [0.2, 0.25) is 0 Å². The molecule has 0 aromatic heterocycles. The molecule has 0 amide bonds. The second-order valence-electron chi connectivity index (χ2n) is 1.71. The molecule has 1 aliphatic rings. The highest BCUT2D eigenvalue weighted by Gasteiger charge is 2.13. The minimum atomic E-state index is 0.396. The van der Waals surface area contributed by atoms with Gasteiger partial charge in [0.25, 0.3) is 0 Å². The predicted molar refractivity (Wildman–Crippen MR) is 32.5 cm³/mol. The summed E-state index contributed by atoms with van der Waals surface area (Å²) in [7, 11) is 0. The lowest BCUT2D eigenvalue weighted by atomic mass is 10.3. The van der Waals surface area contributed by atoms with Crippen molar-refractivity contribution in [3.05, 3.63) is 12.3 Å². The van der Waals surface area contributed by atoms with Gasteiger partial charge in [0.2, 0.25) is 0 Å². The lowest BCUT2D eigenvalue weighted by molar-refractivity contribution is 0.267. The normalized spacial score (nSPS) is 30.4. The molecule has 1 unspecified atom stereocenters. The van der Waals surface area contributed by atoms with E-state index in [0.717, 1.165) is 18.8 Å². The smallest absolute Gasteiger partial charge is 0.0997 e. The third-order valence-corrected chi connectivity index (χ3v) is 1.27. The van der Waals surface area contributed by atoms with E-state index in [1.807, 2.05) is 0 Å². The molecule has 2 heteroatoms. The highest BCUT2D eigenvalue weighted by molar-refractivity contribution is 7.81. The molecule has 0 radical (unpaired) electrons. The molecule has 1 nitrogen and oxygen atoms in total. The van der Waals surface area contributed by atoms with Crippen LogP contribution < -0.4 is 0 Å². The minimum Gasteiger partial charge on any atom is -0.497 e. The largest absolute Gasteiger partial charge is 0.497 e. The van der Waals surface area contributed by atoms with Crippen molar-refractivity contribution in [3.63, 3.8) is 0 Å². The van der Waals surface area contributed by atoms with Gasteiger partial charge in [-0.15, -0.1) is 0 Å². The van der Waals surface area contributed by atoms with Crippen molar-refractivity contribution in [2.75, 3.05) is 6.61 Å². The monoisotopic (exact) mass is 116 g/mol. The number of rotatable bonds is 0. The molecule has 1 aliphatic heterocycles. The molecule has 0 aromatic rings. The minimum absolute atomic E-state index is 0.396. The Hall–Kier alpha value is -0.110. The number of allylic oxidation sites excluding steroid dienone is 1. The van der Waals surface area contributed by atoms with Crippen LogP contribution in [0.1, 0.15) is 6.42 Å². The fraction of sp³-hybridized carbons (Fsp3) is 0.600. The van der Waals surface area contributed by atoms with Crippen molar-refractivity contribution in [2.24, 2.45) is 0 Å². The Morgan fingerprint density at radius 1 is 1.86 bits per heavy atom. The Balaban J connectivity index is 2.40. The first-order valence-electron chi connectivity index (χ1n) is 2.27. The number of hydrogen-bond donors (Lipinski definition) is 1. The highest BCUT2D eigenvalue weighted by Crippen LogP contribution is 2.18. The van der Waals surface area contributed by atoms with Gasteiger partial charge in [0, 0.05) is 11.7 Å². The van der Waals surface area contributed by atoms with E-state index in [1.165, 1.54) is 0 Å². The number of thiol groups is 1. The number of ether oxygens (including phenoxy) is 1. The van der Waals surface area contributed by atoms with E-state index in [0.29, 0.717) is 5.25 Å². The molecule has 1 saturated heterocycles. The lowest BCUT2D eigenvalue weighted by Gasteiger charge is -1.89. The van der Waals surface area contributed by atoms with E-state index >= 15 is 0 Å². The van der Waals surface area contributed by atoms with E-state index in [9.17, 15) is 0 Å². The topological polar surface area (TPSA) is 9.23 Å². The molecule has 1 heterocycles. The van der Waals surface area contributed by atoms with Crippen LogP contribution in [-0.2, 0) is 4.74 Å². The van der Waals surface area contributed by atoms with Gasteiger partial charge in [-0.05, 0) is 0 Å². The fourth-order valence-corrected chi connectivity index (χ4v) is 0.873. The Morgan fingerprint density at radius 2 is 2.57 bits per heavy atom. The summed E-state index contributed by atoms with van der Waals surface area (Å²) in [6.07, 6.45) is 0.920. The van der Waals surface area contributed by atoms with Crippen LogP contribution in [0, 0.1) is 0 Å². The van der Waals surface area contributed by atoms with Crippen molar-refractivity contribution in [1.82, 2.24) is 0 Å². The summed E-state index contributed by atoms with van der Waals surface area (Å²) in [5.74, 6) is 0.875. The average molecular weight is 116 g/mol. The van der Waals surface area contributed by atoms with Crippen molar-refractivity contribution in [3.8, 4) is 0 Å².